The molecular formula is C50H28N6OS. The van der Waals surface area contributed by atoms with E-state index in [4.69, 9.17) is 29.3 Å². The molecular weight excluding hydrogens is 733 g/mol. The summed E-state index contributed by atoms with van der Waals surface area (Å²) in [5.41, 5.74) is 10.5. The Bertz CT molecular complexity index is 3410. The molecule has 270 valence electrons. The van der Waals surface area contributed by atoms with E-state index in [1.165, 1.54) is 4.70 Å². The Morgan fingerprint density at radius 3 is 1.79 bits per heavy atom. The molecule has 11 rings (SSSR count). The number of hydrogen-bond acceptors (Lipinski definition) is 8. The monoisotopic (exact) mass is 760 g/mol. The predicted octanol–water partition coefficient (Wildman–Crippen LogP) is 12.8. The Morgan fingerprint density at radius 1 is 0.414 bits per heavy atom. The van der Waals surface area contributed by atoms with Crippen molar-refractivity contribution in [1.82, 2.24) is 24.9 Å². The van der Waals surface area contributed by atoms with Crippen LogP contribution in [0.25, 0.3) is 110 Å². The largest absolute Gasteiger partial charge is 0.456 e. The fourth-order valence-corrected chi connectivity index (χ4v) is 8.65. The lowest BCUT2D eigenvalue weighted by molar-refractivity contribution is 0.669. The summed E-state index contributed by atoms with van der Waals surface area (Å²) in [4.78, 5) is 25.2. The van der Waals surface area contributed by atoms with Crippen LogP contribution in [0.4, 0.5) is 0 Å². The minimum absolute atomic E-state index is 0.538. The molecule has 0 bridgehead atoms. The van der Waals surface area contributed by atoms with E-state index >= 15 is 0 Å². The van der Waals surface area contributed by atoms with Crippen LogP contribution in [-0.4, -0.2) is 24.9 Å². The number of fused-ring (bicyclic) bond motifs is 6. The van der Waals surface area contributed by atoms with Crippen LogP contribution in [0.2, 0.25) is 0 Å². The number of thiophene rings is 1. The average Bonchev–Trinajstić information content (AvgIpc) is 3.87. The van der Waals surface area contributed by atoms with Crippen LogP contribution in [0.5, 0.6) is 0 Å². The summed E-state index contributed by atoms with van der Waals surface area (Å²) >= 11 is 1.73. The zero-order chi connectivity index (χ0) is 38.6. The molecule has 0 amide bonds. The number of hydrogen-bond donors (Lipinski definition) is 0. The van der Waals surface area contributed by atoms with E-state index in [2.05, 4.69) is 54.6 Å². The topological polar surface area (TPSA) is 101 Å². The van der Waals surface area contributed by atoms with Gasteiger partial charge in [0.25, 0.3) is 0 Å². The number of benzene rings is 7. The van der Waals surface area contributed by atoms with Gasteiger partial charge in [-0.2, -0.15) is 5.26 Å². The Hall–Kier alpha value is -7.86. The van der Waals surface area contributed by atoms with Gasteiger partial charge in [0, 0.05) is 48.7 Å². The third-order valence-corrected chi connectivity index (χ3v) is 11.6. The SMILES string of the molecule is N#Cc1cccc(-c2ccc(-c3nc(-c4ccccc4)nc(-c4ccc5c(c4)oc4ccc(-c6nc(-c7ccccc7)c7sc8ccccc8c7n6)cc45)n3)cc2)c1. The molecule has 0 aliphatic rings. The molecule has 0 aliphatic carbocycles. The maximum Gasteiger partial charge on any atom is 0.164 e. The molecule has 0 N–H and O–H groups in total. The van der Waals surface area contributed by atoms with E-state index < -0.39 is 0 Å². The number of nitriles is 1. The highest BCUT2D eigenvalue weighted by Gasteiger charge is 2.19. The molecule has 0 radical (unpaired) electrons. The third-order valence-electron chi connectivity index (χ3n) is 10.4. The van der Waals surface area contributed by atoms with E-state index in [1.54, 1.807) is 17.4 Å². The highest BCUT2D eigenvalue weighted by Crippen LogP contribution is 2.40. The lowest BCUT2D eigenvalue weighted by atomic mass is 10.0. The van der Waals surface area contributed by atoms with Crippen LogP contribution in [0.3, 0.4) is 0 Å². The molecule has 0 saturated carbocycles. The summed E-state index contributed by atoms with van der Waals surface area (Å²) in [5, 5.41) is 12.5. The summed E-state index contributed by atoms with van der Waals surface area (Å²) < 4.78 is 8.75. The second-order valence-electron chi connectivity index (χ2n) is 14.0. The van der Waals surface area contributed by atoms with Gasteiger partial charge in [-0.15, -0.1) is 11.3 Å². The molecule has 11 aromatic rings. The van der Waals surface area contributed by atoms with Gasteiger partial charge < -0.3 is 4.42 Å². The first-order valence-corrected chi connectivity index (χ1v) is 19.6. The van der Waals surface area contributed by atoms with Crippen molar-refractivity contribution in [3.05, 3.63) is 175 Å². The molecule has 4 heterocycles. The second-order valence-corrected chi connectivity index (χ2v) is 15.1. The van der Waals surface area contributed by atoms with Crippen LogP contribution >= 0.6 is 11.3 Å². The highest BCUT2D eigenvalue weighted by molar-refractivity contribution is 7.26. The van der Waals surface area contributed by atoms with Gasteiger partial charge in [0.05, 0.1) is 27.5 Å². The van der Waals surface area contributed by atoms with Gasteiger partial charge in [-0.05, 0) is 59.7 Å². The lowest BCUT2D eigenvalue weighted by Crippen LogP contribution is -2.00. The molecule has 0 unspecified atom stereocenters. The van der Waals surface area contributed by atoms with Gasteiger partial charge in [-0.1, -0.05) is 121 Å². The zero-order valence-electron chi connectivity index (χ0n) is 30.7. The van der Waals surface area contributed by atoms with Crippen LogP contribution in [-0.2, 0) is 0 Å². The van der Waals surface area contributed by atoms with E-state index in [1.807, 2.05) is 115 Å². The van der Waals surface area contributed by atoms with Crippen molar-refractivity contribution >= 4 is 53.6 Å². The Kier molecular flexibility index (Phi) is 7.91. The minimum atomic E-state index is 0.538. The van der Waals surface area contributed by atoms with Crippen LogP contribution in [0.15, 0.2) is 174 Å². The smallest absolute Gasteiger partial charge is 0.164 e. The highest BCUT2D eigenvalue weighted by atomic mass is 32.1. The summed E-state index contributed by atoms with van der Waals surface area (Å²) in [7, 11) is 0. The van der Waals surface area contributed by atoms with Crippen molar-refractivity contribution in [1.29, 1.82) is 5.26 Å². The number of rotatable bonds is 6. The van der Waals surface area contributed by atoms with E-state index in [-0.39, 0.29) is 0 Å². The molecule has 7 nitrogen and oxygen atoms in total. The fraction of sp³-hybridized carbons (Fsp3) is 0. The standard InChI is InChI=1S/C50H28N6OS/c51-29-30-10-9-15-35(26-30)31-18-20-34(21-19-31)48-54-47(33-13-5-2-6-14-33)55-50(56-48)37-22-24-38-40-27-36(23-25-41(40)57-42(38)28-37)49-52-44(32-11-3-1-4-12-32)46-45(53-49)39-16-7-8-17-43(39)58-46/h1-28H. The molecule has 0 saturated heterocycles. The predicted molar refractivity (Wildman–Crippen MR) is 233 cm³/mol. The molecule has 0 aliphatic heterocycles. The van der Waals surface area contributed by atoms with Crippen molar-refractivity contribution in [3.63, 3.8) is 0 Å². The number of nitrogens with zero attached hydrogens (tertiary/aromatic N) is 6. The van der Waals surface area contributed by atoms with E-state index in [0.29, 0.717) is 28.9 Å². The minimum Gasteiger partial charge on any atom is -0.456 e. The van der Waals surface area contributed by atoms with Gasteiger partial charge in [-0.3, -0.25) is 0 Å². The van der Waals surface area contributed by atoms with Crippen LogP contribution in [0, 0.1) is 11.3 Å². The summed E-state index contributed by atoms with van der Waals surface area (Å²) in [6, 6.07) is 58.8. The Labute approximate surface area is 336 Å². The van der Waals surface area contributed by atoms with Crippen molar-refractivity contribution < 1.29 is 4.42 Å². The number of furan rings is 1. The third kappa shape index (κ3) is 5.86. The van der Waals surface area contributed by atoms with Crippen molar-refractivity contribution in [3.8, 4) is 74.0 Å². The first-order chi connectivity index (χ1) is 28.6. The molecule has 0 atom stereocenters. The molecule has 0 fully saturated rings. The molecule has 0 spiro atoms. The van der Waals surface area contributed by atoms with Crippen LogP contribution in [0.1, 0.15) is 5.56 Å². The summed E-state index contributed by atoms with van der Waals surface area (Å²) in [5.74, 6) is 2.33. The molecule has 4 aromatic heterocycles. The van der Waals surface area contributed by atoms with Crippen LogP contribution < -0.4 is 0 Å². The van der Waals surface area contributed by atoms with Crippen molar-refractivity contribution in [2.45, 2.75) is 0 Å². The van der Waals surface area contributed by atoms with Crippen molar-refractivity contribution in [2.24, 2.45) is 0 Å². The lowest BCUT2D eigenvalue weighted by Gasteiger charge is -2.09. The quantitative estimate of drug-likeness (QED) is 0.166. The van der Waals surface area contributed by atoms with Gasteiger partial charge in [0.2, 0.25) is 0 Å². The van der Waals surface area contributed by atoms with E-state index in [0.717, 1.165) is 82.2 Å². The van der Waals surface area contributed by atoms with Gasteiger partial charge in [-0.25, -0.2) is 24.9 Å². The number of aromatic nitrogens is 5. The molecule has 7 aromatic carbocycles. The molecule has 58 heavy (non-hydrogen) atoms. The maximum absolute atomic E-state index is 9.40. The second kappa shape index (κ2) is 13.7. The average molecular weight is 761 g/mol. The normalized spacial score (nSPS) is 11.4. The summed E-state index contributed by atoms with van der Waals surface area (Å²) in [6.45, 7) is 0. The summed E-state index contributed by atoms with van der Waals surface area (Å²) in [6.07, 6.45) is 0. The maximum atomic E-state index is 9.40. The Balaban J connectivity index is 1.00. The first-order valence-electron chi connectivity index (χ1n) is 18.8. The van der Waals surface area contributed by atoms with Gasteiger partial charge in [0.1, 0.15) is 11.2 Å². The fourth-order valence-electron chi connectivity index (χ4n) is 7.50. The Morgan fingerprint density at radius 2 is 1.02 bits per heavy atom. The van der Waals surface area contributed by atoms with Gasteiger partial charge in [0.15, 0.2) is 23.3 Å². The van der Waals surface area contributed by atoms with Crippen molar-refractivity contribution in [2.75, 3.05) is 0 Å². The zero-order valence-corrected chi connectivity index (χ0v) is 31.5. The van der Waals surface area contributed by atoms with Gasteiger partial charge >= 0.3 is 0 Å². The molecule has 8 heteroatoms. The first kappa shape index (κ1) is 33.5. The van der Waals surface area contributed by atoms with E-state index in [9.17, 15) is 5.26 Å².